The summed E-state index contributed by atoms with van der Waals surface area (Å²) in [5.41, 5.74) is -0.595. The van der Waals surface area contributed by atoms with Gasteiger partial charge in [-0.25, -0.2) is 13.6 Å². The second kappa shape index (κ2) is 5.07. The molecule has 0 aliphatic rings. The van der Waals surface area contributed by atoms with E-state index < -0.39 is 23.2 Å². The summed E-state index contributed by atoms with van der Waals surface area (Å²) < 4.78 is 31.0. The van der Waals surface area contributed by atoms with Gasteiger partial charge in [0.1, 0.15) is 17.2 Å². The van der Waals surface area contributed by atoms with Gasteiger partial charge >= 0.3 is 5.97 Å². The fourth-order valence-corrected chi connectivity index (χ4v) is 1.41. The number of benzene rings is 1. The molecule has 15 heavy (non-hydrogen) atoms. The van der Waals surface area contributed by atoms with Crippen LogP contribution in [0.2, 0.25) is 0 Å². The number of hydrogen-bond donors (Lipinski definition) is 0. The lowest BCUT2D eigenvalue weighted by Gasteiger charge is -2.08. The van der Waals surface area contributed by atoms with Crippen molar-refractivity contribution in [1.82, 2.24) is 0 Å². The summed E-state index contributed by atoms with van der Waals surface area (Å²) >= 11 is 5.44. The Morgan fingerprint density at radius 1 is 1.40 bits per heavy atom. The zero-order chi connectivity index (χ0) is 11.4. The molecule has 1 aromatic rings. The van der Waals surface area contributed by atoms with Gasteiger partial charge in [-0.2, -0.15) is 0 Å². The van der Waals surface area contributed by atoms with Crippen LogP contribution in [-0.4, -0.2) is 12.6 Å². The molecule has 0 saturated carbocycles. The lowest BCUT2D eigenvalue weighted by molar-refractivity contribution is 0.0519. The molecule has 0 aliphatic carbocycles. The zero-order valence-electron chi connectivity index (χ0n) is 8.02. The van der Waals surface area contributed by atoms with Gasteiger partial charge in [-0.3, -0.25) is 0 Å². The summed E-state index contributed by atoms with van der Waals surface area (Å²) in [6.45, 7) is 1.67. The third-order valence-electron chi connectivity index (χ3n) is 1.82. The van der Waals surface area contributed by atoms with E-state index in [4.69, 9.17) is 11.6 Å². The van der Waals surface area contributed by atoms with Gasteiger partial charge in [0.2, 0.25) is 0 Å². The Labute approximate surface area is 90.8 Å². The Balaban J connectivity index is 3.24. The third kappa shape index (κ3) is 2.45. The van der Waals surface area contributed by atoms with Gasteiger partial charge < -0.3 is 4.74 Å². The average molecular weight is 235 g/mol. The molecule has 5 heteroatoms. The van der Waals surface area contributed by atoms with Gasteiger partial charge in [0.25, 0.3) is 0 Å². The largest absolute Gasteiger partial charge is 0.462 e. The molecule has 0 unspecified atom stereocenters. The second-order valence-corrected chi connectivity index (χ2v) is 3.00. The topological polar surface area (TPSA) is 26.3 Å². The van der Waals surface area contributed by atoms with Crippen molar-refractivity contribution < 1.29 is 18.3 Å². The Bertz CT molecular complexity index is 380. The summed E-state index contributed by atoms with van der Waals surface area (Å²) in [4.78, 5) is 11.3. The smallest absolute Gasteiger partial charge is 0.341 e. The number of rotatable bonds is 3. The summed E-state index contributed by atoms with van der Waals surface area (Å²) in [6, 6.07) is 1.80. The molecule has 0 fully saturated rings. The monoisotopic (exact) mass is 234 g/mol. The maximum Gasteiger partial charge on any atom is 0.341 e. The van der Waals surface area contributed by atoms with Gasteiger partial charge in [0.05, 0.1) is 12.5 Å². The molecule has 1 aromatic carbocycles. The van der Waals surface area contributed by atoms with Gasteiger partial charge in [-0.15, -0.1) is 11.6 Å². The van der Waals surface area contributed by atoms with Crippen LogP contribution in [0.1, 0.15) is 22.8 Å². The molecule has 0 amide bonds. The summed E-state index contributed by atoms with van der Waals surface area (Å²) in [6.07, 6.45) is 0. The molecule has 0 bridgehead atoms. The van der Waals surface area contributed by atoms with Crippen molar-refractivity contribution in [2.75, 3.05) is 6.61 Å². The first-order chi connectivity index (χ1) is 7.11. The van der Waals surface area contributed by atoms with E-state index in [0.29, 0.717) is 0 Å². The molecule has 0 atom stereocenters. The van der Waals surface area contributed by atoms with Crippen molar-refractivity contribution in [2.45, 2.75) is 12.8 Å². The first-order valence-corrected chi connectivity index (χ1v) is 4.85. The number of alkyl halides is 1. The first-order valence-electron chi connectivity index (χ1n) is 4.31. The number of ether oxygens (including phenoxy) is 1. The molecule has 0 saturated heterocycles. The first kappa shape index (κ1) is 11.9. The fraction of sp³-hybridized carbons (Fsp3) is 0.300. The average Bonchev–Trinajstić information content (AvgIpc) is 2.21. The minimum absolute atomic E-state index is 0.0938. The van der Waals surface area contributed by atoms with Gasteiger partial charge in [-0.1, -0.05) is 0 Å². The maximum absolute atomic E-state index is 13.3. The Hall–Kier alpha value is -1.16. The van der Waals surface area contributed by atoms with Crippen molar-refractivity contribution in [3.05, 3.63) is 34.9 Å². The Morgan fingerprint density at radius 2 is 2.00 bits per heavy atom. The highest BCUT2D eigenvalue weighted by molar-refractivity contribution is 6.17. The number of hydrogen-bond acceptors (Lipinski definition) is 2. The number of carbonyl (C=O) groups is 1. The lowest BCUT2D eigenvalue weighted by Crippen LogP contribution is -2.11. The number of esters is 1. The van der Waals surface area contributed by atoms with Gasteiger partial charge in [0, 0.05) is 5.56 Å². The molecule has 1 rings (SSSR count). The van der Waals surface area contributed by atoms with Crippen LogP contribution in [-0.2, 0) is 10.6 Å². The van der Waals surface area contributed by atoms with Crippen molar-refractivity contribution in [3.8, 4) is 0 Å². The highest BCUT2D eigenvalue weighted by Crippen LogP contribution is 2.20. The van der Waals surface area contributed by atoms with Gasteiger partial charge in [-0.05, 0) is 19.1 Å². The quantitative estimate of drug-likeness (QED) is 0.594. The standard InChI is InChI=1S/C10H9ClF2O2/c1-2-15-10(14)9-6(5-11)7(12)3-4-8(9)13/h3-4H,2,5H2,1H3. The molecule has 0 N–H and O–H groups in total. The van der Waals surface area contributed by atoms with Crippen LogP contribution in [0.25, 0.3) is 0 Å². The third-order valence-corrected chi connectivity index (χ3v) is 2.09. The minimum Gasteiger partial charge on any atom is -0.462 e. The molecular weight excluding hydrogens is 226 g/mol. The van der Waals surface area contributed by atoms with Gasteiger partial charge in [0.15, 0.2) is 0 Å². The normalized spacial score (nSPS) is 10.1. The predicted octanol–water partition coefficient (Wildman–Crippen LogP) is 2.88. The van der Waals surface area contributed by atoms with E-state index in [2.05, 4.69) is 4.74 Å². The van der Waals surface area contributed by atoms with E-state index in [1.165, 1.54) is 0 Å². The summed E-state index contributed by atoms with van der Waals surface area (Å²) in [7, 11) is 0. The molecule has 82 valence electrons. The lowest BCUT2D eigenvalue weighted by atomic mass is 10.1. The predicted molar refractivity (Wildman–Crippen MR) is 51.9 cm³/mol. The second-order valence-electron chi connectivity index (χ2n) is 2.74. The van der Waals surface area contributed by atoms with Crippen molar-refractivity contribution in [1.29, 1.82) is 0 Å². The molecule has 0 spiro atoms. The highest BCUT2D eigenvalue weighted by atomic mass is 35.5. The Morgan fingerprint density at radius 3 is 2.53 bits per heavy atom. The van der Waals surface area contributed by atoms with E-state index in [0.717, 1.165) is 12.1 Å². The van der Waals surface area contributed by atoms with Crippen molar-refractivity contribution in [2.24, 2.45) is 0 Å². The molecule has 0 aromatic heterocycles. The highest BCUT2D eigenvalue weighted by Gasteiger charge is 2.20. The summed E-state index contributed by atoms with van der Waals surface area (Å²) in [5, 5.41) is 0. The molecule has 0 aliphatic heterocycles. The maximum atomic E-state index is 13.3. The van der Waals surface area contributed by atoms with E-state index >= 15 is 0 Å². The van der Waals surface area contributed by atoms with Crippen LogP contribution < -0.4 is 0 Å². The van der Waals surface area contributed by atoms with E-state index in [9.17, 15) is 13.6 Å². The summed E-state index contributed by atoms with van der Waals surface area (Å²) in [5.74, 6) is -2.72. The van der Waals surface area contributed by atoms with Crippen LogP contribution in [0, 0.1) is 11.6 Å². The van der Waals surface area contributed by atoms with Crippen LogP contribution in [0.4, 0.5) is 8.78 Å². The van der Waals surface area contributed by atoms with Crippen LogP contribution in [0.5, 0.6) is 0 Å². The van der Waals surface area contributed by atoms with Crippen LogP contribution in [0.3, 0.4) is 0 Å². The Kier molecular flexibility index (Phi) is 4.03. The van der Waals surface area contributed by atoms with Crippen LogP contribution >= 0.6 is 11.6 Å². The van der Waals surface area contributed by atoms with E-state index in [-0.39, 0.29) is 18.1 Å². The molecule has 0 radical (unpaired) electrons. The zero-order valence-corrected chi connectivity index (χ0v) is 8.78. The number of carbonyl (C=O) groups excluding carboxylic acids is 1. The van der Waals surface area contributed by atoms with E-state index in [1.54, 1.807) is 6.92 Å². The van der Waals surface area contributed by atoms with Crippen LogP contribution in [0.15, 0.2) is 12.1 Å². The van der Waals surface area contributed by atoms with Crippen molar-refractivity contribution >= 4 is 17.6 Å². The minimum atomic E-state index is -0.898. The molecule has 2 nitrogen and oxygen atoms in total. The fourth-order valence-electron chi connectivity index (χ4n) is 1.15. The SMILES string of the molecule is CCOC(=O)c1c(F)ccc(F)c1CCl. The van der Waals surface area contributed by atoms with E-state index in [1.807, 2.05) is 0 Å². The van der Waals surface area contributed by atoms with Crippen molar-refractivity contribution in [3.63, 3.8) is 0 Å². The molecular formula is C10H9ClF2O2. The molecule has 0 heterocycles. The number of halogens is 3.